The van der Waals surface area contributed by atoms with Crippen LogP contribution in [-0.4, -0.2) is 29.6 Å². The second kappa shape index (κ2) is 4.15. The summed E-state index contributed by atoms with van der Waals surface area (Å²) in [6.45, 7) is 8.01. The topological polar surface area (TPSA) is 57.5 Å². The number of carbonyl (C=O) groups excluding carboxylic acids is 1. The molecule has 0 saturated heterocycles. The van der Waals surface area contributed by atoms with Crippen molar-refractivity contribution in [3.63, 3.8) is 0 Å². The van der Waals surface area contributed by atoms with E-state index in [4.69, 9.17) is 0 Å². The van der Waals surface area contributed by atoms with Crippen molar-refractivity contribution >= 4 is 14.1 Å². The maximum absolute atomic E-state index is 11.4. The normalized spacial score (nSPS) is 37.1. The number of hydrogen-bond acceptors (Lipinski definition) is 3. The molecule has 18 heavy (non-hydrogen) atoms. The molecular formula is C14H26O3Si. The minimum Gasteiger partial charge on any atom is -0.432 e. The van der Waals surface area contributed by atoms with E-state index < -0.39 is 13.9 Å². The van der Waals surface area contributed by atoms with Crippen LogP contribution in [0.1, 0.15) is 46.0 Å². The minimum atomic E-state index is -2.28. The predicted molar refractivity (Wildman–Crippen MR) is 73.8 cm³/mol. The quantitative estimate of drug-likeness (QED) is 0.775. The fourth-order valence-corrected chi connectivity index (χ4v) is 4.48. The summed E-state index contributed by atoms with van der Waals surface area (Å²) in [5, 5.41) is 10.6. The van der Waals surface area contributed by atoms with Gasteiger partial charge in [0.2, 0.25) is 0 Å². The highest BCUT2D eigenvalue weighted by Gasteiger charge is 2.52. The molecule has 2 atom stereocenters. The lowest BCUT2D eigenvalue weighted by Crippen LogP contribution is -2.44. The third-order valence-corrected chi connectivity index (χ3v) is 8.85. The number of rotatable bonds is 3. The Morgan fingerprint density at radius 2 is 1.72 bits per heavy atom. The van der Waals surface area contributed by atoms with Gasteiger partial charge in [-0.05, 0) is 49.2 Å². The molecule has 0 spiro atoms. The molecule has 0 radical (unpaired) electrons. The van der Waals surface area contributed by atoms with Gasteiger partial charge in [0.1, 0.15) is 5.78 Å². The lowest BCUT2D eigenvalue weighted by Gasteiger charge is -2.40. The molecule has 2 fully saturated rings. The van der Waals surface area contributed by atoms with Crippen LogP contribution >= 0.6 is 0 Å². The zero-order chi connectivity index (χ0) is 13.8. The molecule has 2 unspecified atom stereocenters. The SMILES string of the molecule is CC(C)(CC1(O)CC2CC(=O)CC2C1)[Si](C)(C)O. The molecule has 2 aliphatic rings. The average molecular weight is 270 g/mol. The number of fused-ring (bicyclic) bond motifs is 1. The summed E-state index contributed by atoms with van der Waals surface area (Å²) in [4.78, 5) is 21.7. The van der Waals surface area contributed by atoms with Gasteiger partial charge < -0.3 is 9.90 Å². The molecule has 0 aromatic heterocycles. The molecule has 2 saturated carbocycles. The molecule has 4 heteroatoms. The van der Waals surface area contributed by atoms with Crippen molar-refractivity contribution < 1.29 is 14.7 Å². The van der Waals surface area contributed by atoms with Gasteiger partial charge in [-0.2, -0.15) is 0 Å². The van der Waals surface area contributed by atoms with Crippen LogP contribution in [-0.2, 0) is 4.79 Å². The van der Waals surface area contributed by atoms with E-state index in [0.29, 0.717) is 36.9 Å². The van der Waals surface area contributed by atoms with Gasteiger partial charge >= 0.3 is 0 Å². The summed E-state index contributed by atoms with van der Waals surface area (Å²) in [5.41, 5.74) is -0.660. The van der Waals surface area contributed by atoms with E-state index in [1.807, 2.05) is 13.1 Å². The van der Waals surface area contributed by atoms with Crippen LogP contribution < -0.4 is 0 Å². The van der Waals surface area contributed by atoms with Crippen LogP contribution in [0, 0.1) is 11.8 Å². The molecule has 2 rings (SSSR count). The summed E-state index contributed by atoms with van der Waals surface area (Å²) in [6.07, 6.45) is 3.48. The van der Waals surface area contributed by atoms with Gasteiger partial charge in [0.25, 0.3) is 0 Å². The second-order valence-corrected chi connectivity index (χ2v) is 12.2. The van der Waals surface area contributed by atoms with Crippen molar-refractivity contribution in [2.75, 3.05) is 0 Å². The van der Waals surface area contributed by atoms with Crippen molar-refractivity contribution in [1.29, 1.82) is 0 Å². The highest BCUT2D eigenvalue weighted by molar-refractivity contribution is 6.72. The van der Waals surface area contributed by atoms with Crippen LogP contribution in [0.2, 0.25) is 18.1 Å². The van der Waals surface area contributed by atoms with E-state index in [9.17, 15) is 14.7 Å². The number of aliphatic hydroxyl groups is 1. The van der Waals surface area contributed by atoms with E-state index in [1.165, 1.54) is 0 Å². The standard InChI is InChI=1S/C14H26O3Si/c1-13(2,18(3,4)17)9-14(16)7-10-5-12(15)6-11(10)8-14/h10-11,16-17H,5-9H2,1-4H3. The van der Waals surface area contributed by atoms with Gasteiger partial charge in [-0.15, -0.1) is 0 Å². The van der Waals surface area contributed by atoms with E-state index in [2.05, 4.69) is 13.8 Å². The Kier molecular flexibility index (Phi) is 3.28. The summed E-state index contributed by atoms with van der Waals surface area (Å²) in [5.74, 6) is 1.15. The van der Waals surface area contributed by atoms with E-state index in [-0.39, 0.29) is 5.04 Å². The molecule has 0 amide bonds. The van der Waals surface area contributed by atoms with Crippen molar-refractivity contribution in [2.45, 2.75) is 69.7 Å². The smallest absolute Gasteiger partial charge is 0.188 e. The fourth-order valence-electron chi connectivity index (χ4n) is 3.72. The van der Waals surface area contributed by atoms with E-state index in [0.717, 1.165) is 12.8 Å². The maximum atomic E-state index is 11.4. The van der Waals surface area contributed by atoms with E-state index in [1.54, 1.807) is 0 Å². The Labute approximate surface area is 111 Å². The first kappa shape index (κ1) is 14.2. The van der Waals surface area contributed by atoms with Gasteiger partial charge in [-0.25, -0.2) is 0 Å². The first-order chi connectivity index (χ1) is 8.02. The molecule has 0 aromatic carbocycles. The highest BCUT2D eigenvalue weighted by atomic mass is 28.4. The first-order valence-corrected chi connectivity index (χ1v) is 9.94. The molecule has 3 nitrogen and oxygen atoms in total. The lowest BCUT2D eigenvalue weighted by molar-refractivity contribution is -0.118. The first-order valence-electron chi connectivity index (χ1n) is 6.99. The Morgan fingerprint density at radius 3 is 2.11 bits per heavy atom. The number of ketones is 1. The summed E-state index contributed by atoms with van der Waals surface area (Å²) in [7, 11) is -2.28. The van der Waals surface area contributed by atoms with Crippen molar-refractivity contribution in [3.8, 4) is 0 Å². The highest BCUT2D eigenvalue weighted by Crippen LogP contribution is 2.54. The monoisotopic (exact) mass is 270 g/mol. The number of carbonyl (C=O) groups is 1. The molecule has 2 aliphatic carbocycles. The van der Waals surface area contributed by atoms with E-state index >= 15 is 0 Å². The zero-order valence-corrected chi connectivity index (χ0v) is 13.0. The van der Waals surface area contributed by atoms with Gasteiger partial charge in [0.05, 0.1) is 5.60 Å². The molecule has 0 aliphatic heterocycles. The van der Waals surface area contributed by atoms with Crippen LogP contribution in [0.5, 0.6) is 0 Å². The van der Waals surface area contributed by atoms with Crippen LogP contribution in [0.15, 0.2) is 0 Å². The Bertz CT molecular complexity index is 341. The largest absolute Gasteiger partial charge is 0.432 e. The minimum absolute atomic E-state index is 0.190. The number of Topliss-reactive ketones (excluding diaryl/α,β-unsaturated/α-hetero) is 1. The fraction of sp³-hybridized carbons (Fsp3) is 0.929. The summed E-state index contributed by atoms with van der Waals surface area (Å²) in [6, 6.07) is 0. The van der Waals surface area contributed by atoms with Crippen molar-refractivity contribution in [3.05, 3.63) is 0 Å². The Morgan fingerprint density at radius 1 is 1.28 bits per heavy atom. The molecule has 0 aromatic rings. The predicted octanol–water partition coefficient (Wildman–Crippen LogP) is 2.47. The van der Waals surface area contributed by atoms with Gasteiger partial charge in [-0.1, -0.05) is 13.8 Å². The third-order valence-electron chi connectivity index (χ3n) is 5.36. The molecule has 0 heterocycles. The zero-order valence-electron chi connectivity index (χ0n) is 12.0. The van der Waals surface area contributed by atoms with Crippen molar-refractivity contribution in [1.82, 2.24) is 0 Å². The van der Waals surface area contributed by atoms with Gasteiger partial charge in [0, 0.05) is 12.8 Å². The summed E-state index contributed by atoms with van der Waals surface area (Å²) < 4.78 is 0. The average Bonchev–Trinajstić information content (AvgIpc) is 2.53. The molecular weight excluding hydrogens is 244 g/mol. The lowest BCUT2D eigenvalue weighted by atomic mass is 9.88. The van der Waals surface area contributed by atoms with Crippen molar-refractivity contribution in [2.24, 2.45) is 11.8 Å². The molecule has 2 N–H and O–H groups in total. The number of hydrogen-bond donors (Lipinski definition) is 2. The van der Waals surface area contributed by atoms with Gasteiger partial charge in [0.15, 0.2) is 8.32 Å². The second-order valence-electron chi connectivity index (χ2n) is 7.72. The Balaban J connectivity index is 2.05. The molecule has 104 valence electrons. The maximum Gasteiger partial charge on any atom is 0.188 e. The molecule has 0 bridgehead atoms. The van der Waals surface area contributed by atoms with Gasteiger partial charge in [-0.3, -0.25) is 4.79 Å². The van der Waals surface area contributed by atoms with Crippen LogP contribution in [0.4, 0.5) is 0 Å². The van der Waals surface area contributed by atoms with Crippen LogP contribution in [0.3, 0.4) is 0 Å². The summed E-state index contributed by atoms with van der Waals surface area (Å²) >= 11 is 0. The van der Waals surface area contributed by atoms with Crippen LogP contribution in [0.25, 0.3) is 0 Å². The Hall–Kier alpha value is -0.193. The third kappa shape index (κ3) is 2.56.